The van der Waals surface area contributed by atoms with Gasteiger partial charge in [0.1, 0.15) is 0 Å². The van der Waals surface area contributed by atoms with E-state index in [0.717, 1.165) is 35.7 Å². The first-order chi connectivity index (χ1) is 12.0. The molecule has 6 N–H and O–H groups in total. The van der Waals surface area contributed by atoms with E-state index in [9.17, 15) is 0 Å². The van der Waals surface area contributed by atoms with Gasteiger partial charge in [0.15, 0.2) is 0 Å². The summed E-state index contributed by atoms with van der Waals surface area (Å²) in [6.07, 6.45) is 5.52. The van der Waals surface area contributed by atoms with Crippen molar-refractivity contribution in [3.63, 3.8) is 0 Å². The number of thioether (sulfide) groups is 1. The molecule has 0 radical (unpaired) electrons. The molecule has 0 aliphatic rings. The van der Waals surface area contributed by atoms with Crippen LogP contribution in [-0.4, -0.2) is 21.5 Å². The van der Waals surface area contributed by atoms with E-state index < -0.39 is 0 Å². The summed E-state index contributed by atoms with van der Waals surface area (Å²) in [5, 5.41) is 0.672. The fourth-order valence-corrected chi connectivity index (χ4v) is 2.30. The molecule has 0 aliphatic carbocycles. The van der Waals surface area contributed by atoms with Crippen LogP contribution in [0.4, 0.5) is 0 Å². The number of aryl methyl sites for hydroxylation is 2. The molecule has 2 rings (SSSR count). The third-order valence-corrected chi connectivity index (χ3v) is 3.47. The maximum absolute atomic E-state index is 5.40. The molecule has 0 atom stereocenters. The van der Waals surface area contributed by atoms with E-state index in [1.807, 2.05) is 36.4 Å². The van der Waals surface area contributed by atoms with Crippen molar-refractivity contribution in [3.05, 3.63) is 91.6 Å². The van der Waals surface area contributed by atoms with E-state index in [4.69, 9.17) is 17.2 Å². The van der Waals surface area contributed by atoms with Crippen molar-refractivity contribution in [2.24, 2.45) is 17.2 Å². The van der Waals surface area contributed by atoms with Crippen LogP contribution in [0.5, 0.6) is 0 Å². The van der Waals surface area contributed by atoms with Crippen LogP contribution in [0.2, 0.25) is 0 Å². The molecule has 0 unspecified atom stereocenters. The van der Waals surface area contributed by atoms with Crippen LogP contribution in [0.1, 0.15) is 11.4 Å². The average Bonchev–Trinajstić information content (AvgIpc) is 2.57. The lowest BCUT2D eigenvalue weighted by Crippen LogP contribution is -2.04. The first-order valence-corrected chi connectivity index (χ1v) is 9.25. The zero-order chi connectivity index (χ0) is 18.9. The van der Waals surface area contributed by atoms with Crippen LogP contribution in [-0.2, 0) is 12.8 Å². The van der Waals surface area contributed by atoms with Crippen molar-refractivity contribution >= 4 is 24.4 Å². The van der Waals surface area contributed by atoms with Crippen LogP contribution >= 0.6 is 24.4 Å². The molecule has 0 saturated heterocycles. The minimum Gasteiger partial charge on any atom is -0.394 e. The van der Waals surface area contributed by atoms with Gasteiger partial charge in [-0.2, -0.15) is 12.6 Å². The molecule has 5 nitrogen and oxygen atoms in total. The van der Waals surface area contributed by atoms with E-state index in [1.165, 1.54) is 0 Å². The van der Waals surface area contributed by atoms with Gasteiger partial charge in [0, 0.05) is 29.5 Å². The van der Waals surface area contributed by atoms with Crippen LogP contribution in [0.15, 0.2) is 72.8 Å². The number of aromatic nitrogens is 2. The largest absolute Gasteiger partial charge is 0.394 e. The number of hydrogen-bond donors (Lipinski definition) is 4. The lowest BCUT2D eigenvalue weighted by Gasteiger charge is -1.99. The van der Waals surface area contributed by atoms with Crippen molar-refractivity contribution in [1.29, 1.82) is 0 Å². The maximum atomic E-state index is 5.40. The molecule has 0 fully saturated rings. The van der Waals surface area contributed by atoms with Gasteiger partial charge in [0.25, 0.3) is 0 Å². The van der Waals surface area contributed by atoms with Gasteiger partial charge in [-0.25, -0.2) is 0 Å². The Morgan fingerprint density at radius 3 is 1.73 bits per heavy atom. The number of nitrogens with zero attached hydrogens (tertiary/aromatic N) is 2. The highest BCUT2D eigenvalue weighted by molar-refractivity contribution is 8.02. The highest BCUT2D eigenvalue weighted by atomic mass is 32.2. The number of hydrogen-bond acceptors (Lipinski definition) is 7. The van der Waals surface area contributed by atoms with E-state index in [2.05, 4.69) is 35.8 Å². The Bertz CT molecular complexity index is 587. The van der Waals surface area contributed by atoms with Crippen molar-refractivity contribution in [2.45, 2.75) is 12.8 Å². The topological polar surface area (TPSA) is 104 Å². The molecule has 0 saturated carbocycles. The second-order valence-corrected chi connectivity index (χ2v) is 6.42. The normalized spacial score (nSPS) is 8.65. The second kappa shape index (κ2) is 17.7. The van der Waals surface area contributed by atoms with Crippen LogP contribution < -0.4 is 17.2 Å². The van der Waals surface area contributed by atoms with Crippen molar-refractivity contribution in [3.8, 4) is 0 Å². The Labute approximate surface area is 167 Å². The van der Waals surface area contributed by atoms with Crippen LogP contribution in [0, 0.1) is 7.43 Å². The van der Waals surface area contributed by atoms with Gasteiger partial charge in [-0.3, -0.25) is 9.97 Å². The lowest BCUT2D eigenvalue weighted by molar-refractivity contribution is 1.05. The average molecular weight is 393 g/mol. The Morgan fingerprint density at radius 1 is 0.923 bits per heavy atom. The molecule has 26 heavy (non-hydrogen) atoms. The standard InChI is InChI=1S/C9H12N2S.C7H9NS.C2H6N2.CH3/c1-8(10)12-7-5-9-4-2-3-6-11-9;9-6-4-7-3-1-2-5-8-7;1-2(3)4;/h2-4,6H,1,5,7,10H2;1-3,5,9H,4,6H2;1,3-4H2;1H3/q;;;-1. The van der Waals surface area contributed by atoms with E-state index in [-0.39, 0.29) is 13.2 Å². The molecule has 0 bridgehead atoms. The molecule has 0 spiro atoms. The molecule has 2 heterocycles. The third kappa shape index (κ3) is 18.2. The monoisotopic (exact) mass is 392 g/mol. The summed E-state index contributed by atoms with van der Waals surface area (Å²) in [6.45, 7) is 6.72. The predicted molar refractivity (Wildman–Crippen MR) is 119 cm³/mol. The summed E-state index contributed by atoms with van der Waals surface area (Å²) in [7, 11) is 0. The van der Waals surface area contributed by atoms with E-state index in [1.54, 1.807) is 24.2 Å². The summed E-state index contributed by atoms with van der Waals surface area (Å²) in [4.78, 5) is 8.31. The molecule has 0 amide bonds. The van der Waals surface area contributed by atoms with Crippen LogP contribution in [0.25, 0.3) is 0 Å². The Kier molecular flexibility index (Phi) is 17.8. The number of pyridine rings is 2. The first kappa shape index (κ1) is 26.1. The van der Waals surface area contributed by atoms with Gasteiger partial charge in [0.05, 0.1) is 10.9 Å². The highest BCUT2D eigenvalue weighted by Gasteiger charge is 1.93. The molecule has 0 aliphatic heterocycles. The predicted octanol–water partition coefficient (Wildman–Crippen LogP) is 3.17. The zero-order valence-corrected chi connectivity index (χ0v) is 17.1. The van der Waals surface area contributed by atoms with Crippen molar-refractivity contribution in [2.75, 3.05) is 11.5 Å². The number of thiol groups is 1. The fourth-order valence-electron chi connectivity index (χ4n) is 1.49. The summed E-state index contributed by atoms with van der Waals surface area (Å²) >= 11 is 5.66. The third-order valence-electron chi connectivity index (χ3n) is 2.47. The van der Waals surface area contributed by atoms with Gasteiger partial charge < -0.3 is 24.6 Å². The zero-order valence-electron chi connectivity index (χ0n) is 15.3. The molecule has 0 aromatic carbocycles. The molecule has 7 heteroatoms. The smallest absolute Gasteiger partial charge is 0.0859 e. The van der Waals surface area contributed by atoms with Crippen molar-refractivity contribution in [1.82, 2.24) is 9.97 Å². The summed E-state index contributed by atoms with van der Waals surface area (Å²) in [5.74, 6) is 1.99. The van der Waals surface area contributed by atoms with Gasteiger partial charge in [-0.15, -0.1) is 11.8 Å². The highest BCUT2D eigenvalue weighted by Crippen LogP contribution is 2.08. The van der Waals surface area contributed by atoms with Gasteiger partial charge in [-0.05, 0) is 42.9 Å². The molecule has 2 aromatic heterocycles. The Hall–Kier alpha value is -2.12. The summed E-state index contributed by atoms with van der Waals surface area (Å²) < 4.78 is 0. The Morgan fingerprint density at radius 2 is 1.38 bits per heavy atom. The maximum Gasteiger partial charge on any atom is 0.0859 e. The Balaban J connectivity index is 0. The van der Waals surface area contributed by atoms with E-state index in [0.29, 0.717) is 5.03 Å². The fraction of sp³-hybridized carbons (Fsp3) is 0.211. The van der Waals surface area contributed by atoms with Crippen molar-refractivity contribution < 1.29 is 0 Å². The number of nitrogens with two attached hydrogens (primary N) is 3. The molecular formula is C19H30N5S2-. The van der Waals surface area contributed by atoms with E-state index >= 15 is 0 Å². The first-order valence-electron chi connectivity index (χ1n) is 7.63. The van der Waals surface area contributed by atoms with Gasteiger partial charge in [-0.1, -0.05) is 25.3 Å². The minimum absolute atomic E-state index is 0. The van der Waals surface area contributed by atoms with Gasteiger partial charge >= 0.3 is 0 Å². The number of rotatable bonds is 6. The van der Waals surface area contributed by atoms with Crippen LogP contribution in [0.3, 0.4) is 0 Å². The SMILES string of the molecule is C=C(N)N.C=C(N)SCCc1ccccn1.SCCc1ccccn1.[CH3-]. The molecule has 2 aromatic rings. The summed E-state index contributed by atoms with van der Waals surface area (Å²) in [6, 6.07) is 11.8. The summed E-state index contributed by atoms with van der Waals surface area (Å²) in [5.41, 5.74) is 17.0. The minimum atomic E-state index is 0. The molecule has 144 valence electrons. The lowest BCUT2D eigenvalue weighted by atomic mass is 10.3. The second-order valence-electron chi connectivity index (χ2n) is 4.76. The van der Waals surface area contributed by atoms with Gasteiger partial charge in [0.2, 0.25) is 0 Å². The quantitative estimate of drug-likeness (QED) is 0.445. The molecular weight excluding hydrogens is 362 g/mol.